The fourth-order valence-corrected chi connectivity index (χ4v) is 3.39. The third-order valence-corrected chi connectivity index (χ3v) is 4.97. The van der Waals surface area contributed by atoms with Crippen LogP contribution in [-0.2, 0) is 9.59 Å². The predicted molar refractivity (Wildman–Crippen MR) is 104 cm³/mol. The van der Waals surface area contributed by atoms with Crippen molar-refractivity contribution in [3.8, 4) is 5.69 Å². The molecule has 4 rings (SSSR count). The maximum absolute atomic E-state index is 14.3. The topological polar surface area (TPSA) is 93.0 Å². The Balaban J connectivity index is 1.52. The summed E-state index contributed by atoms with van der Waals surface area (Å²) in [4.78, 5) is 26.3. The van der Waals surface area contributed by atoms with E-state index in [0.717, 1.165) is 5.56 Å². The molecule has 8 nitrogen and oxygen atoms in total. The highest BCUT2D eigenvalue weighted by Gasteiger charge is 2.36. The molecule has 0 spiro atoms. The molecule has 0 bridgehead atoms. The smallest absolute Gasteiger partial charge is 0.229 e. The van der Waals surface area contributed by atoms with Crippen molar-refractivity contribution in [2.24, 2.45) is 5.92 Å². The summed E-state index contributed by atoms with van der Waals surface area (Å²) >= 11 is 0. The Morgan fingerprint density at radius 1 is 1.13 bits per heavy atom. The molecule has 0 saturated carbocycles. The zero-order valence-electron chi connectivity index (χ0n) is 16.3. The van der Waals surface area contributed by atoms with Crippen LogP contribution in [0.15, 0.2) is 36.4 Å². The second-order valence-electron chi connectivity index (χ2n) is 7.15. The van der Waals surface area contributed by atoms with Crippen LogP contribution in [0.5, 0.6) is 0 Å². The molecule has 1 aliphatic heterocycles. The Labute approximate surface area is 170 Å². The summed E-state index contributed by atoms with van der Waals surface area (Å²) in [6, 6.07) is 8.62. The van der Waals surface area contributed by atoms with Crippen LogP contribution in [-0.4, -0.2) is 38.6 Å². The largest absolute Gasteiger partial charge is 0.323 e. The lowest BCUT2D eigenvalue weighted by atomic mass is 10.1. The lowest BCUT2D eigenvalue weighted by molar-refractivity contribution is -0.122. The molecule has 10 heteroatoms. The minimum absolute atomic E-state index is 0.0120. The van der Waals surface area contributed by atoms with Gasteiger partial charge < -0.3 is 10.2 Å². The molecule has 154 valence electrons. The molecule has 2 amide bonds. The van der Waals surface area contributed by atoms with Crippen molar-refractivity contribution in [3.05, 3.63) is 59.4 Å². The van der Waals surface area contributed by atoms with Crippen molar-refractivity contribution in [1.29, 1.82) is 0 Å². The highest BCUT2D eigenvalue weighted by molar-refractivity contribution is 6.03. The van der Waals surface area contributed by atoms with Crippen LogP contribution in [0.4, 0.5) is 20.2 Å². The number of rotatable bonds is 4. The monoisotopic (exact) mass is 412 g/mol. The fraction of sp³-hybridized carbons (Fsp3) is 0.250. The number of tetrazole rings is 1. The fourth-order valence-electron chi connectivity index (χ4n) is 3.39. The van der Waals surface area contributed by atoms with Crippen molar-refractivity contribution in [1.82, 2.24) is 20.2 Å². The van der Waals surface area contributed by atoms with Gasteiger partial charge in [-0.3, -0.25) is 9.59 Å². The number of anilines is 2. The van der Waals surface area contributed by atoms with E-state index >= 15 is 0 Å². The van der Waals surface area contributed by atoms with Gasteiger partial charge in [0.15, 0.2) is 5.82 Å². The van der Waals surface area contributed by atoms with Gasteiger partial charge in [0.1, 0.15) is 11.6 Å². The molecule has 1 atom stereocenters. The van der Waals surface area contributed by atoms with Gasteiger partial charge in [-0.25, -0.2) is 8.78 Å². The number of aromatic nitrogens is 4. The van der Waals surface area contributed by atoms with E-state index in [0.29, 0.717) is 11.5 Å². The summed E-state index contributed by atoms with van der Waals surface area (Å²) in [6.45, 7) is 3.44. The van der Waals surface area contributed by atoms with Crippen molar-refractivity contribution < 1.29 is 18.4 Å². The molecule has 0 radical (unpaired) electrons. The average molecular weight is 412 g/mol. The molecule has 1 saturated heterocycles. The SMILES string of the molecule is Cc1ccc(N2CC(C(=O)Nc3cc(-n4nnnc4C)ccc3F)CC2=O)c(F)c1. The van der Waals surface area contributed by atoms with Gasteiger partial charge in [0.05, 0.1) is 23.0 Å². The molecule has 1 N–H and O–H groups in total. The number of benzene rings is 2. The Kier molecular flexibility index (Phi) is 4.98. The van der Waals surface area contributed by atoms with Crippen LogP contribution in [0.25, 0.3) is 5.69 Å². The first-order valence-electron chi connectivity index (χ1n) is 9.26. The van der Waals surface area contributed by atoms with Gasteiger partial charge in [0, 0.05) is 13.0 Å². The van der Waals surface area contributed by atoms with Crippen molar-refractivity contribution in [2.75, 3.05) is 16.8 Å². The molecule has 1 fully saturated rings. The van der Waals surface area contributed by atoms with Gasteiger partial charge in [-0.05, 0) is 60.2 Å². The summed E-state index contributed by atoms with van der Waals surface area (Å²) in [5, 5.41) is 13.7. The summed E-state index contributed by atoms with van der Waals surface area (Å²) in [5.41, 5.74) is 1.27. The van der Waals surface area contributed by atoms with Crippen LogP contribution in [0.2, 0.25) is 0 Å². The van der Waals surface area contributed by atoms with Crippen LogP contribution in [0.1, 0.15) is 17.8 Å². The first kappa shape index (κ1) is 19.6. The van der Waals surface area contributed by atoms with E-state index in [2.05, 4.69) is 20.8 Å². The lowest BCUT2D eigenvalue weighted by Crippen LogP contribution is -2.29. The Morgan fingerprint density at radius 2 is 1.93 bits per heavy atom. The maximum Gasteiger partial charge on any atom is 0.229 e. The summed E-state index contributed by atoms with van der Waals surface area (Å²) in [5.74, 6) is -2.30. The quantitative estimate of drug-likeness (QED) is 0.711. The second kappa shape index (κ2) is 7.62. The standard InChI is InChI=1S/C20H18F2N6O2/c1-11-3-6-18(16(22)7-11)27-10-13(8-19(27)29)20(30)23-17-9-14(4-5-15(17)21)28-12(2)24-25-26-28/h3-7,9,13H,8,10H2,1-2H3,(H,23,30). The minimum Gasteiger partial charge on any atom is -0.323 e. The molecular formula is C20H18F2N6O2. The van der Waals surface area contributed by atoms with Crippen LogP contribution < -0.4 is 10.2 Å². The van der Waals surface area contributed by atoms with E-state index in [9.17, 15) is 18.4 Å². The number of aryl methyl sites for hydroxylation is 2. The number of amides is 2. The van der Waals surface area contributed by atoms with Crippen LogP contribution >= 0.6 is 0 Å². The van der Waals surface area contributed by atoms with Gasteiger partial charge >= 0.3 is 0 Å². The molecule has 1 aromatic heterocycles. The first-order valence-corrected chi connectivity index (χ1v) is 9.26. The normalized spacial score (nSPS) is 16.2. The van der Waals surface area contributed by atoms with E-state index in [4.69, 9.17) is 0 Å². The minimum atomic E-state index is -0.740. The number of halogens is 2. The van der Waals surface area contributed by atoms with Crippen molar-refractivity contribution in [2.45, 2.75) is 20.3 Å². The number of hydrogen-bond acceptors (Lipinski definition) is 5. The third kappa shape index (κ3) is 3.63. The third-order valence-electron chi connectivity index (χ3n) is 4.97. The Bertz CT molecular complexity index is 1150. The highest BCUT2D eigenvalue weighted by Crippen LogP contribution is 2.29. The average Bonchev–Trinajstić information content (AvgIpc) is 3.29. The lowest BCUT2D eigenvalue weighted by Gasteiger charge is -2.18. The van der Waals surface area contributed by atoms with Gasteiger partial charge in [0.25, 0.3) is 0 Å². The Morgan fingerprint density at radius 3 is 2.63 bits per heavy atom. The molecule has 2 heterocycles. The van der Waals surface area contributed by atoms with Crippen molar-refractivity contribution in [3.63, 3.8) is 0 Å². The van der Waals surface area contributed by atoms with E-state index < -0.39 is 23.5 Å². The van der Waals surface area contributed by atoms with E-state index in [1.807, 2.05) is 0 Å². The second-order valence-corrected chi connectivity index (χ2v) is 7.15. The molecule has 1 unspecified atom stereocenters. The molecule has 0 aliphatic carbocycles. The van der Waals surface area contributed by atoms with Gasteiger partial charge in [-0.15, -0.1) is 5.10 Å². The number of nitrogens with zero attached hydrogens (tertiary/aromatic N) is 5. The first-order chi connectivity index (χ1) is 14.3. The zero-order chi connectivity index (χ0) is 21.4. The number of carbonyl (C=O) groups is 2. The van der Waals surface area contributed by atoms with Crippen LogP contribution in [0, 0.1) is 31.4 Å². The summed E-state index contributed by atoms with van der Waals surface area (Å²) < 4.78 is 29.9. The number of hydrogen-bond donors (Lipinski definition) is 1. The molecule has 3 aromatic rings. The Hall–Kier alpha value is -3.69. The summed E-state index contributed by atoms with van der Waals surface area (Å²) in [6.07, 6.45) is -0.0907. The molecule has 30 heavy (non-hydrogen) atoms. The van der Waals surface area contributed by atoms with Gasteiger partial charge in [0.2, 0.25) is 11.8 Å². The van der Waals surface area contributed by atoms with Crippen molar-refractivity contribution >= 4 is 23.2 Å². The number of carbonyl (C=O) groups excluding carboxylic acids is 2. The zero-order valence-corrected chi connectivity index (χ0v) is 16.3. The number of nitrogens with one attached hydrogen (secondary N) is 1. The van der Waals surface area contributed by atoms with Gasteiger partial charge in [-0.2, -0.15) is 4.68 Å². The van der Waals surface area contributed by atoms with Crippen LogP contribution in [0.3, 0.4) is 0 Å². The molecule has 1 aliphatic rings. The van der Waals surface area contributed by atoms with E-state index in [1.54, 1.807) is 19.9 Å². The molecule has 2 aromatic carbocycles. The summed E-state index contributed by atoms with van der Waals surface area (Å²) in [7, 11) is 0. The predicted octanol–water partition coefficient (Wildman–Crippen LogP) is 2.55. The highest BCUT2D eigenvalue weighted by atomic mass is 19.1. The molecular weight excluding hydrogens is 394 g/mol. The van der Waals surface area contributed by atoms with Gasteiger partial charge in [-0.1, -0.05) is 6.07 Å². The maximum atomic E-state index is 14.3. The van der Waals surface area contributed by atoms with E-state index in [1.165, 1.54) is 39.9 Å². The van der Waals surface area contributed by atoms with E-state index in [-0.39, 0.29) is 30.2 Å².